The van der Waals surface area contributed by atoms with Gasteiger partial charge in [0.25, 0.3) is 0 Å². The molecule has 3 heteroatoms. The summed E-state index contributed by atoms with van der Waals surface area (Å²) in [6, 6.07) is 8.36. The molecular weight excluding hydrogens is 232 g/mol. The topological polar surface area (TPSA) is 17.8 Å². The Morgan fingerprint density at radius 1 is 1.35 bits per heavy atom. The zero-order valence-electron chi connectivity index (χ0n) is 10.7. The first-order chi connectivity index (χ1) is 8.13. The molecule has 1 heterocycles. The van der Waals surface area contributed by atoms with Crippen LogP contribution in [0.5, 0.6) is 0 Å². The standard InChI is InChI=1S/C14H19ClN2/c1-4-12(15)10(2)9-13-11-7-5-6-8-14(11)17(3)16-13/h5-8,10,12H,4,9H2,1-3H3. The minimum atomic E-state index is 0.232. The highest BCUT2D eigenvalue weighted by Gasteiger charge is 2.16. The Balaban J connectivity index is 2.30. The fourth-order valence-electron chi connectivity index (χ4n) is 2.27. The second-order valence-electron chi connectivity index (χ2n) is 4.69. The van der Waals surface area contributed by atoms with Crippen LogP contribution >= 0.6 is 11.6 Å². The monoisotopic (exact) mass is 250 g/mol. The lowest BCUT2D eigenvalue weighted by Gasteiger charge is -2.14. The van der Waals surface area contributed by atoms with Gasteiger partial charge in [-0.3, -0.25) is 4.68 Å². The van der Waals surface area contributed by atoms with Crippen LogP contribution in [0.2, 0.25) is 0 Å². The molecule has 0 bridgehead atoms. The van der Waals surface area contributed by atoms with E-state index in [-0.39, 0.29) is 5.38 Å². The van der Waals surface area contributed by atoms with Crippen LogP contribution in [-0.2, 0) is 13.5 Å². The van der Waals surface area contributed by atoms with Crippen molar-refractivity contribution in [2.75, 3.05) is 0 Å². The molecule has 0 aliphatic heterocycles. The van der Waals surface area contributed by atoms with Gasteiger partial charge in [0.1, 0.15) is 0 Å². The number of nitrogens with zero attached hydrogens (tertiary/aromatic N) is 2. The predicted molar refractivity (Wildman–Crippen MR) is 73.5 cm³/mol. The summed E-state index contributed by atoms with van der Waals surface area (Å²) in [6.45, 7) is 4.33. The second kappa shape index (κ2) is 5.09. The van der Waals surface area contributed by atoms with Crippen molar-refractivity contribution in [2.24, 2.45) is 13.0 Å². The third-order valence-corrected chi connectivity index (χ3v) is 4.10. The summed E-state index contributed by atoms with van der Waals surface area (Å²) in [4.78, 5) is 0. The summed E-state index contributed by atoms with van der Waals surface area (Å²) >= 11 is 6.29. The first-order valence-electron chi connectivity index (χ1n) is 6.18. The third-order valence-electron chi connectivity index (χ3n) is 3.36. The fraction of sp³-hybridized carbons (Fsp3) is 0.500. The Morgan fingerprint density at radius 2 is 2.06 bits per heavy atom. The molecule has 0 fully saturated rings. The average molecular weight is 251 g/mol. The molecule has 1 aromatic carbocycles. The lowest BCUT2D eigenvalue weighted by atomic mass is 9.98. The molecule has 0 spiro atoms. The molecule has 0 N–H and O–H groups in total. The number of hydrogen-bond donors (Lipinski definition) is 0. The number of halogens is 1. The van der Waals surface area contributed by atoms with Crippen molar-refractivity contribution in [3.8, 4) is 0 Å². The Bertz CT molecular complexity index is 504. The van der Waals surface area contributed by atoms with Crippen LogP contribution in [0.4, 0.5) is 0 Å². The molecule has 0 aliphatic carbocycles. The first kappa shape index (κ1) is 12.4. The number of aromatic nitrogens is 2. The van der Waals surface area contributed by atoms with Gasteiger partial charge in [0.2, 0.25) is 0 Å². The molecule has 0 saturated heterocycles. The van der Waals surface area contributed by atoms with Crippen molar-refractivity contribution in [3.63, 3.8) is 0 Å². The van der Waals surface area contributed by atoms with Crippen LogP contribution in [0, 0.1) is 5.92 Å². The average Bonchev–Trinajstić information content (AvgIpc) is 2.66. The van der Waals surface area contributed by atoms with E-state index in [4.69, 9.17) is 11.6 Å². The molecular formula is C14H19ClN2. The lowest BCUT2D eigenvalue weighted by Crippen LogP contribution is -2.13. The maximum Gasteiger partial charge on any atom is 0.0706 e. The molecule has 2 aromatic rings. The Kier molecular flexibility index (Phi) is 3.72. The van der Waals surface area contributed by atoms with E-state index in [1.807, 2.05) is 17.8 Å². The van der Waals surface area contributed by atoms with Gasteiger partial charge in [0, 0.05) is 17.8 Å². The van der Waals surface area contributed by atoms with Gasteiger partial charge in [-0.05, 0) is 24.8 Å². The van der Waals surface area contributed by atoms with Crippen molar-refractivity contribution >= 4 is 22.5 Å². The van der Waals surface area contributed by atoms with Crippen molar-refractivity contribution < 1.29 is 0 Å². The highest BCUT2D eigenvalue weighted by Crippen LogP contribution is 2.23. The summed E-state index contributed by atoms with van der Waals surface area (Å²) < 4.78 is 1.95. The van der Waals surface area contributed by atoms with E-state index in [9.17, 15) is 0 Å². The van der Waals surface area contributed by atoms with Crippen molar-refractivity contribution in [3.05, 3.63) is 30.0 Å². The number of rotatable bonds is 4. The molecule has 17 heavy (non-hydrogen) atoms. The summed E-state index contributed by atoms with van der Waals surface area (Å²) in [5, 5.41) is 6.09. The minimum absolute atomic E-state index is 0.232. The van der Waals surface area contributed by atoms with E-state index in [0.717, 1.165) is 18.5 Å². The van der Waals surface area contributed by atoms with Gasteiger partial charge in [-0.25, -0.2) is 0 Å². The molecule has 2 nitrogen and oxygen atoms in total. The van der Waals surface area contributed by atoms with Gasteiger partial charge in [-0.15, -0.1) is 11.6 Å². The van der Waals surface area contributed by atoms with E-state index < -0.39 is 0 Å². The van der Waals surface area contributed by atoms with Gasteiger partial charge >= 0.3 is 0 Å². The summed E-state index contributed by atoms with van der Waals surface area (Å²) in [7, 11) is 1.99. The number of para-hydroxylation sites is 1. The second-order valence-corrected chi connectivity index (χ2v) is 5.25. The van der Waals surface area contributed by atoms with E-state index in [1.54, 1.807) is 0 Å². The van der Waals surface area contributed by atoms with Crippen LogP contribution in [0.15, 0.2) is 24.3 Å². The number of aryl methyl sites for hydroxylation is 1. The molecule has 0 radical (unpaired) electrons. The molecule has 0 aliphatic rings. The SMILES string of the molecule is CCC(Cl)C(C)Cc1nn(C)c2ccccc12. The van der Waals surface area contributed by atoms with Gasteiger partial charge < -0.3 is 0 Å². The smallest absolute Gasteiger partial charge is 0.0706 e. The molecule has 2 unspecified atom stereocenters. The predicted octanol–water partition coefficient (Wildman–Crippen LogP) is 3.77. The quantitative estimate of drug-likeness (QED) is 0.756. The van der Waals surface area contributed by atoms with E-state index >= 15 is 0 Å². The molecule has 2 atom stereocenters. The van der Waals surface area contributed by atoms with Crippen LogP contribution in [0.3, 0.4) is 0 Å². The highest BCUT2D eigenvalue weighted by molar-refractivity contribution is 6.20. The van der Waals surface area contributed by atoms with Gasteiger partial charge in [0.05, 0.1) is 11.2 Å². The molecule has 0 saturated carbocycles. The van der Waals surface area contributed by atoms with Crippen LogP contribution in [-0.4, -0.2) is 15.2 Å². The Hall–Kier alpha value is -1.02. The molecule has 1 aromatic heterocycles. The third kappa shape index (κ3) is 2.47. The zero-order chi connectivity index (χ0) is 12.4. The fourth-order valence-corrected chi connectivity index (χ4v) is 2.36. The molecule has 92 valence electrons. The van der Waals surface area contributed by atoms with Crippen LogP contribution < -0.4 is 0 Å². The van der Waals surface area contributed by atoms with E-state index in [1.165, 1.54) is 10.9 Å². The molecule has 0 amide bonds. The number of alkyl halides is 1. The lowest BCUT2D eigenvalue weighted by molar-refractivity contribution is 0.522. The summed E-state index contributed by atoms with van der Waals surface area (Å²) in [5.74, 6) is 0.458. The summed E-state index contributed by atoms with van der Waals surface area (Å²) in [5.41, 5.74) is 2.35. The maximum absolute atomic E-state index is 6.29. The minimum Gasteiger partial charge on any atom is -0.268 e. The maximum atomic E-state index is 6.29. The summed E-state index contributed by atoms with van der Waals surface area (Å²) in [6.07, 6.45) is 1.96. The van der Waals surface area contributed by atoms with Gasteiger partial charge in [-0.2, -0.15) is 5.10 Å². The van der Waals surface area contributed by atoms with Gasteiger partial charge in [-0.1, -0.05) is 32.0 Å². The van der Waals surface area contributed by atoms with E-state index in [0.29, 0.717) is 5.92 Å². The van der Waals surface area contributed by atoms with Crippen LogP contribution in [0.25, 0.3) is 10.9 Å². The highest BCUT2D eigenvalue weighted by atomic mass is 35.5. The zero-order valence-corrected chi connectivity index (χ0v) is 11.4. The van der Waals surface area contributed by atoms with E-state index in [2.05, 4.69) is 37.1 Å². The van der Waals surface area contributed by atoms with Crippen molar-refractivity contribution in [1.29, 1.82) is 0 Å². The molecule has 2 rings (SSSR count). The normalized spacial score (nSPS) is 15.1. The largest absolute Gasteiger partial charge is 0.268 e. The van der Waals surface area contributed by atoms with Crippen molar-refractivity contribution in [2.45, 2.75) is 32.1 Å². The Labute approximate surface area is 108 Å². The Morgan fingerprint density at radius 3 is 2.76 bits per heavy atom. The number of fused-ring (bicyclic) bond motifs is 1. The van der Waals surface area contributed by atoms with Crippen LogP contribution in [0.1, 0.15) is 26.0 Å². The van der Waals surface area contributed by atoms with Gasteiger partial charge in [0.15, 0.2) is 0 Å². The number of benzene rings is 1. The first-order valence-corrected chi connectivity index (χ1v) is 6.61. The number of hydrogen-bond acceptors (Lipinski definition) is 1. The van der Waals surface area contributed by atoms with Crippen molar-refractivity contribution in [1.82, 2.24) is 9.78 Å².